The summed E-state index contributed by atoms with van der Waals surface area (Å²) in [6.45, 7) is 3.89. The number of ether oxygens (including phenoxy) is 1. The summed E-state index contributed by atoms with van der Waals surface area (Å²) in [6.07, 6.45) is 0. The first kappa shape index (κ1) is 23.9. The fourth-order valence-electron chi connectivity index (χ4n) is 2.79. The van der Waals surface area contributed by atoms with Crippen LogP contribution in [0.25, 0.3) is 0 Å². The van der Waals surface area contributed by atoms with E-state index >= 15 is 0 Å². The number of hydrogen-bond donors (Lipinski definition) is 2. The molecule has 0 unspecified atom stereocenters. The largest absolute Gasteiger partial charge is 0.484 e. The second kappa shape index (κ2) is 10.3. The lowest BCUT2D eigenvalue weighted by atomic mass is 10.1. The first-order chi connectivity index (χ1) is 15.1. The molecule has 3 aromatic carbocycles. The van der Waals surface area contributed by atoms with Crippen molar-refractivity contribution in [2.75, 3.05) is 11.3 Å². The minimum absolute atomic E-state index is 0.0879. The van der Waals surface area contributed by atoms with Crippen molar-refractivity contribution in [3.63, 3.8) is 0 Å². The van der Waals surface area contributed by atoms with E-state index in [2.05, 4.69) is 10.0 Å². The summed E-state index contributed by atoms with van der Waals surface area (Å²) in [5.41, 5.74) is 3.29. The highest BCUT2D eigenvalue weighted by atomic mass is 35.5. The minimum Gasteiger partial charge on any atom is -0.484 e. The molecule has 0 heterocycles. The number of amides is 1. The Hall–Kier alpha value is -2.74. The second-order valence-electron chi connectivity index (χ2n) is 7.18. The first-order valence-corrected chi connectivity index (χ1v) is 11.9. The van der Waals surface area contributed by atoms with E-state index in [1.807, 2.05) is 19.9 Å². The molecule has 0 aliphatic rings. The molecule has 0 saturated carbocycles. The van der Waals surface area contributed by atoms with Crippen LogP contribution < -0.4 is 14.8 Å². The van der Waals surface area contributed by atoms with Gasteiger partial charge in [0.15, 0.2) is 6.61 Å². The lowest BCUT2D eigenvalue weighted by Gasteiger charge is -2.11. The maximum Gasteiger partial charge on any atom is 0.261 e. The minimum atomic E-state index is -3.74. The number of aryl methyl sites for hydroxylation is 2. The second-order valence-corrected chi connectivity index (χ2v) is 9.70. The number of carbonyl (C=O) groups is 1. The summed E-state index contributed by atoms with van der Waals surface area (Å²) in [6, 6.07) is 16.2. The van der Waals surface area contributed by atoms with Gasteiger partial charge in [0, 0.05) is 22.3 Å². The van der Waals surface area contributed by atoms with E-state index in [0.717, 1.165) is 16.7 Å². The Morgan fingerprint density at radius 3 is 2.31 bits per heavy atom. The van der Waals surface area contributed by atoms with Crippen LogP contribution in [0, 0.1) is 13.8 Å². The van der Waals surface area contributed by atoms with Gasteiger partial charge in [-0.05, 0) is 79.1 Å². The van der Waals surface area contributed by atoms with E-state index in [9.17, 15) is 13.2 Å². The molecule has 0 fully saturated rings. The molecule has 32 heavy (non-hydrogen) atoms. The number of rotatable bonds is 8. The average molecular weight is 493 g/mol. The molecular weight excluding hydrogens is 471 g/mol. The van der Waals surface area contributed by atoms with E-state index in [-0.39, 0.29) is 24.0 Å². The quantitative estimate of drug-likeness (QED) is 0.457. The van der Waals surface area contributed by atoms with Gasteiger partial charge in [0.25, 0.3) is 15.9 Å². The molecule has 1 amide bonds. The molecule has 0 bridgehead atoms. The highest BCUT2D eigenvalue weighted by Crippen LogP contribution is 2.22. The van der Waals surface area contributed by atoms with Crippen LogP contribution in [-0.4, -0.2) is 20.9 Å². The van der Waals surface area contributed by atoms with Crippen LogP contribution in [-0.2, 0) is 21.4 Å². The Morgan fingerprint density at radius 2 is 1.66 bits per heavy atom. The summed E-state index contributed by atoms with van der Waals surface area (Å²) in [7, 11) is -3.74. The van der Waals surface area contributed by atoms with Crippen LogP contribution >= 0.6 is 23.2 Å². The average Bonchev–Trinajstić information content (AvgIpc) is 2.74. The van der Waals surface area contributed by atoms with E-state index in [1.54, 1.807) is 30.3 Å². The van der Waals surface area contributed by atoms with E-state index < -0.39 is 10.0 Å². The predicted molar refractivity (Wildman–Crippen MR) is 127 cm³/mol. The molecule has 0 spiro atoms. The molecule has 6 nitrogen and oxygen atoms in total. The van der Waals surface area contributed by atoms with Gasteiger partial charge >= 0.3 is 0 Å². The van der Waals surface area contributed by atoms with Crippen molar-refractivity contribution in [1.82, 2.24) is 5.32 Å². The Labute approximate surface area is 197 Å². The van der Waals surface area contributed by atoms with Crippen LogP contribution in [0.3, 0.4) is 0 Å². The van der Waals surface area contributed by atoms with Crippen LogP contribution in [0.2, 0.25) is 10.0 Å². The van der Waals surface area contributed by atoms with Crippen molar-refractivity contribution < 1.29 is 17.9 Å². The lowest BCUT2D eigenvalue weighted by Crippen LogP contribution is -2.28. The third-order valence-electron chi connectivity index (χ3n) is 4.75. The molecule has 0 saturated heterocycles. The topological polar surface area (TPSA) is 84.5 Å². The standard InChI is InChI=1S/C23H22Cl2N2O4S/c1-15-3-6-19(11-16(15)2)27-32(29,30)21-9-7-20(8-10-21)31-14-23(28)26-13-17-4-5-18(24)12-22(17)25/h3-12,27H,13-14H2,1-2H3,(H,26,28). The van der Waals surface area contributed by atoms with Crippen molar-refractivity contribution >= 4 is 44.8 Å². The van der Waals surface area contributed by atoms with Gasteiger partial charge in [-0.2, -0.15) is 0 Å². The molecule has 9 heteroatoms. The van der Waals surface area contributed by atoms with Gasteiger partial charge in [-0.15, -0.1) is 0 Å². The number of anilines is 1. The molecule has 3 rings (SSSR count). The Kier molecular flexibility index (Phi) is 7.66. The molecule has 0 atom stereocenters. The Balaban J connectivity index is 1.54. The zero-order chi connectivity index (χ0) is 23.3. The van der Waals surface area contributed by atoms with E-state index in [1.165, 1.54) is 24.3 Å². The van der Waals surface area contributed by atoms with Crippen molar-refractivity contribution in [2.45, 2.75) is 25.3 Å². The summed E-state index contributed by atoms with van der Waals surface area (Å²) >= 11 is 11.9. The van der Waals surface area contributed by atoms with Gasteiger partial charge in [0.1, 0.15) is 5.75 Å². The van der Waals surface area contributed by atoms with Crippen molar-refractivity contribution in [3.8, 4) is 5.75 Å². The zero-order valence-corrected chi connectivity index (χ0v) is 19.8. The molecule has 168 valence electrons. The Bertz CT molecular complexity index is 1230. The van der Waals surface area contributed by atoms with E-state index in [4.69, 9.17) is 27.9 Å². The molecule has 0 aliphatic heterocycles. The summed E-state index contributed by atoms with van der Waals surface area (Å²) < 4.78 is 33.2. The lowest BCUT2D eigenvalue weighted by molar-refractivity contribution is -0.123. The van der Waals surface area contributed by atoms with Gasteiger partial charge in [-0.1, -0.05) is 35.3 Å². The molecule has 0 aromatic heterocycles. The Morgan fingerprint density at radius 1 is 0.938 bits per heavy atom. The third kappa shape index (κ3) is 6.38. The van der Waals surface area contributed by atoms with Gasteiger partial charge in [-0.25, -0.2) is 8.42 Å². The fraction of sp³-hybridized carbons (Fsp3) is 0.174. The number of hydrogen-bond acceptors (Lipinski definition) is 4. The molecule has 0 radical (unpaired) electrons. The van der Waals surface area contributed by atoms with Crippen molar-refractivity contribution in [2.24, 2.45) is 0 Å². The smallest absolute Gasteiger partial charge is 0.261 e. The van der Waals surface area contributed by atoms with Crippen molar-refractivity contribution in [1.29, 1.82) is 0 Å². The van der Waals surface area contributed by atoms with Gasteiger partial charge < -0.3 is 10.1 Å². The SMILES string of the molecule is Cc1ccc(NS(=O)(=O)c2ccc(OCC(=O)NCc3ccc(Cl)cc3Cl)cc2)cc1C. The van der Waals surface area contributed by atoms with Crippen LogP contribution in [0.4, 0.5) is 5.69 Å². The monoisotopic (exact) mass is 492 g/mol. The number of benzene rings is 3. The number of carbonyl (C=O) groups excluding carboxylic acids is 1. The van der Waals surface area contributed by atoms with Gasteiger partial charge in [0.2, 0.25) is 0 Å². The predicted octanol–water partition coefficient (Wildman–Crippen LogP) is 5.11. The molecule has 3 aromatic rings. The van der Waals surface area contributed by atoms with Crippen LogP contribution in [0.1, 0.15) is 16.7 Å². The first-order valence-electron chi connectivity index (χ1n) is 9.67. The maximum absolute atomic E-state index is 12.6. The van der Waals surface area contributed by atoms with Crippen molar-refractivity contribution in [3.05, 3.63) is 87.4 Å². The number of halogens is 2. The van der Waals surface area contributed by atoms with E-state index in [0.29, 0.717) is 21.5 Å². The highest BCUT2D eigenvalue weighted by molar-refractivity contribution is 7.92. The van der Waals surface area contributed by atoms with Gasteiger partial charge in [0.05, 0.1) is 4.90 Å². The molecule has 0 aliphatic carbocycles. The summed E-state index contributed by atoms with van der Waals surface area (Å²) in [5, 5.41) is 3.68. The third-order valence-corrected chi connectivity index (χ3v) is 6.74. The number of sulfonamides is 1. The molecular formula is C23H22Cl2N2O4S. The summed E-state index contributed by atoms with van der Waals surface area (Å²) in [4.78, 5) is 12.1. The fourth-order valence-corrected chi connectivity index (χ4v) is 4.32. The highest BCUT2D eigenvalue weighted by Gasteiger charge is 2.15. The van der Waals surface area contributed by atoms with Crippen LogP contribution in [0.15, 0.2) is 65.6 Å². The summed E-state index contributed by atoms with van der Waals surface area (Å²) in [5.74, 6) is 0.0268. The number of nitrogens with one attached hydrogen (secondary N) is 2. The normalized spacial score (nSPS) is 11.1. The zero-order valence-electron chi connectivity index (χ0n) is 17.5. The molecule has 2 N–H and O–H groups in total. The van der Waals surface area contributed by atoms with Crippen LogP contribution in [0.5, 0.6) is 5.75 Å². The van der Waals surface area contributed by atoms with Gasteiger partial charge in [-0.3, -0.25) is 9.52 Å². The maximum atomic E-state index is 12.6.